The molecule has 1 atom stereocenters. The van der Waals surface area contributed by atoms with Crippen molar-refractivity contribution in [2.24, 2.45) is 5.73 Å². The zero-order chi connectivity index (χ0) is 14.5. The van der Waals surface area contributed by atoms with Crippen LogP contribution < -0.4 is 5.73 Å². The van der Waals surface area contributed by atoms with Crippen LogP contribution in [0.2, 0.25) is 0 Å². The van der Waals surface area contributed by atoms with E-state index in [4.69, 9.17) is 5.73 Å². The SMILES string of the molecule is CCC(N)Cc1ccc(Sc2ccc(F)cc2)c(F)c1. The van der Waals surface area contributed by atoms with Crippen LogP contribution in [0.1, 0.15) is 18.9 Å². The Hall–Kier alpha value is -1.39. The first-order chi connectivity index (χ1) is 9.58. The van der Waals surface area contributed by atoms with Gasteiger partial charge in [0.2, 0.25) is 0 Å². The Balaban J connectivity index is 2.11. The fraction of sp³-hybridized carbons (Fsp3) is 0.250. The third-order valence-electron chi connectivity index (χ3n) is 3.06. The average molecular weight is 293 g/mol. The molecule has 106 valence electrons. The number of halogens is 2. The van der Waals surface area contributed by atoms with Crippen LogP contribution in [0.4, 0.5) is 8.78 Å². The molecule has 1 unspecified atom stereocenters. The lowest BCUT2D eigenvalue weighted by Gasteiger charge is -2.10. The standard InChI is InChI=1S/C16H17F2NS/c1-2-13(19)9-11-3-8-16(15(18)10-11)20-14-6-4-12(17)5-7-14/h3-8,10,13H,2,9,19H2,1H3. The molecule has 0 spiro atoms. The maximum absolute atomic E-state index is 14.0. The zero-order valence-corrected chi connectivity index (χ0v) is 12.1. The fourth-order valence-corrected chi connectivity index (χ4v) is 2.65. The summed E-state index contributed by atoms with van der Waals surface area (Å²) in [5, 5.41) is 0. The van der Waals surface area contributed by atoms with Crippen molar-refractivity contribution in [1.29, 1.82) is 0 Å². The van der Waals surface area contributed by atoms with Gasteiger partial charge in [-0.15, -0.1) is 0 Å². The van der Waals surface area contributed by atoms with Gasteiger partial charge < -0.3 is 5.73 Å². The second-order valence-corrected chi connectivity index (χ2v) is 5.81. The lowest BCUT2D eigenvalue weighted by Crippen LogP contribution is -2.21. The first kappa shape index (κ1) is 15.0. The monoisotopic (exact) mass is 293 g/mol. The quantitative estimate of drug-likeness (QED) is 0.884. The Morgan fingerprint density at radius 2 is 1.80 bits per heavy atom. The van der Waals surface area contributed by atoms with E-state index in [2.05, 4.69) is 0 Å². The summed E-state index contributed by atoms with van der Waals surface area (Å²) in [4.78, 5) is 1.34. The van der Waals surface area contributed by atoms with Crippen LogP contribution in [-0.4, -0.2) is 6.04 Å². The molecule has 1 nitrogen and oxygen atoms in total. The molecule has 0 aromatic heterocycles. The highest BCUT2D eigenvalue weighted by atomic mass is 32.2. The van der Waals surface area contributed by atoms with Gasteiger partial charge in [0.1, 0.15) is 11.6 Å². The van der Waals surface area contributed by atoms with E-state index in [9.17, 15) is 8.78 Å². The van der Waals surface area contributed by atoms with E-state index in [1.807, 2.05) is 13.0 Å². The molecule has 0 aliphatic heterocycles. The van der Waals surface area contributed by atoms with Crippen molar-refractivity contribution < 1.29 is 8.78 Å². The van der Waals surface area contributed by atoms with Gasteiger partial charge in [-0.3, -0.25) is 0 Å². The number of benzene rings is 2. The number of rotatable bonds is 5. The summed E-state index contributed by atoms with van der Waals surface area (Å²) in [6, 6.07) is 11.3. The summed E-state index contributed by atoms with van der Waals surface area (Å²) >= 11 is 1.28. The van der Waals surface area contributed by atoms with Gasteiger partial charge >= 0.3 is 0 Å². The van der Waals surface area contributed by atoms with Crippen molar-refractivity contribution in [3.8, 4) is 0 Å². The minimum absolute atomic E-state index is 0.0602. The van der Waals surface area contributed by atoms with E-state index in [-0.39, 0.29) is 17.7 Å². The van der Waals surface area contributed by atoms with Crippen LogP contribution >= 0.6 is 11.8 Å². The third-order valence-corrected chi connectivity index (χ3v) is 4.12. The van der Waals surface area contributed by atoms with Gasteiger partial charge in [-0.2, -0.15) is 0 Å². The van der Waals surface area contributed by atoms with Crippen LogP contribution in [-0.2, 0) is 6.42 Å². The molecule has 0 fully saturated rings. The summed E-state index contributed by atoms with van der Waals surface area (Å²) in [6.07, 6.45) is 1.54. The van der Waals surface area contributed by atoms with Gasteiger partial charge in [-0.05, 0) is 54.8 Å². The van der Waals surface area contributed by atoms with Crippen LogP contribution in [0.5, 0.6) is 0 Å². The molecular formula is C16H17F2NS. The Labute approximate surface area is 122 Å². The van der Waals surface area contributed by atoms with Crippen molar-refractivity contribution in [1.82, 2.24) is 0 Å². The van der Waals surface area contributed by atoms with Crippen molar-refractivity contribution in [2.45, 2.75) is 35.6 Å². The van der Waals surface area contributed by atoms with Crippen LogP contribution in [0, 0.1) is 11.6 Å². The third kappa shape index (κ3) is 4.05. The van der Waals surface area contributed by atoms with Gasteiger partial charge in [0.15, 0.2) is 0 Å². The van der Waals surface area contributed by atoms with Crippen molar-refractivity contribution in [2.75, 3.05) is 0 Å². The maximum Gasteiger partial charge on any atom is 0.137 e. The first-order valence-electron chi connectivity index (χ1n) is 6.56. The fourth-order valence-electron chi connectivity index (χ4n) is 1.83. The Morgan fingerprint density at radius 1 is 1.10 bits per heavy atom. The van der Waals surface area contributed by atoms with Gasteiger partial charge in [-0.25, -0.2) is 8.78 Å². The largest absolute Gasteiger partial charge is 0.327 e. The second kappa shape index (κ2) is 6.86. The van der Waals surface area contributed by atoms with E-state index in [1.165, 1.54) is 30.0 Å². The lowest BCUT2D eigenvalue weighted by molar-refractivity contribution is 0.593. The maximum atomic E-state index is 14.0. The Morgan fingerprint density at radius 3 is 2.40 bits per heavy atom. The van der Waals surface area contributed by atoms with Crippen molar-refractivity contribution in [3.63, 3.8) is 0 Å². The van der Waals surface area contributed by atoms with Crippen LogP contribution in [0.3, 0.4) is 0 Å². The van der Waals surface area contributed by atoms with Gasteiger partial charge in [0.25, 0.3) is 0 Å². The van der Waals surface area contributed by atoms with Crippen molar-refractivity contribution in [3.05, 3.63) is 59.7 Å². The normalized spacial score (nSPS) is 12.4. The topological polar surface area (TPSA) is 26.0 Å². The lowest BCUT2D eigenvalue weighted by atomic mass is 10.0. The van der Waals surface area contributed by atoms with Crippen LogP contribution in [0.15, 0.2) is 52.3 Å². The highest BCUT2D eigenvalue weighted by Gasteiger charge is 2.08. The summed E-state index contributed by atoms with van der Waals surface area (Å²) in [5.41, 5.74) is 6.77. The predicted molar refractivity (Wildman–Crippen MR) is 78.9 cm³/mol. The smallest absolute Gasteiger partial charge is 0.137 e. The van der Waals surface area contributed by atoms with E-state index in [1.54, 1.807) is 18.2 Å². The number of hydrogen-bond acceptors (Lipinski definition) is 2. The molecule has 0 radical (unpaired) electrons. The van der Waals surface area contributed by atoms with E-state index in [0.29, 0.717) is 11.3 Å². The molecular weight excluding hydrogens is 276 g/mol. The molecule has 20 heavy (non-hydrogen) atoms. The molecule has 0 saturated carbocycles. The van der Waals surface area contributed by atoms with E-state index >= 15 is 0 Å². The van der Waals surface area contributed by atoms with Crippen LogP contribution in [0.25, 0.3) is 0 Å². The molecule has 0 saturated heterocycles. The predicted octanol–water partition coefficient (Wildman–Crippen LogP) is 4.40. The van der Waals surface area contributed by atoms with Gasteiger partial charge in [-0.1, -0.05) is 24.8 Å². The number of nitrogens with two attached hydrogens (primary N) is 1. The first-order valence-corrected chi connectivity index (χ1v) is 7.37. The molecule has 2 N–H and O–H groups in total. The molecule has 0 aliphatic rings. The molecule has 2 rings (SSSR count). The molecule has 0 heterocycles. The summed E-state index contributed by atoms with van der Waals surface area (Å²) in [5.74, 6) is -0.557. The minimum Gasteiger partial charge on any atom is -0.327 e. The average Bonchev–Trinajstić information content (AvgIpc) is 2.44. The Bertz CT molecular complexity index is 569. The molecule has 0 aliphatic carbocycles. The second-order valence-electron chi connectivity index (χ2n) is 4.69. The zero-order valence-electron chi connectivity index (χ0n) is 11.3. The van der Waals surface area contributed by atoms with Gasteiger partial charge in [0, 0.05) is 15.8 Å². The molecule has 2 aromatic carbocycles. The van der Waals surface area contributed by atoms with E-state index in [0.717, 1.165) is 16.9 Å². The van der Waals surface area contributed by atoms with Crippen molar-refractivity contribution >= 4 is 11.8 Å². The number of hydrogen-bond donors (Lipinski definition) is 1. The summed E-state index contributed by atoms with van der Waals surface area (Å²) in [7, 11) is 0. The molecule has 2 aromatic rings. The minimum atomic E-state index is -0.293. The molecule has 0 bridgehead atoms. The summed E-state index contributed by atoms with van der Waals surface area (Å²) in [6.45, 7) is 2.01. The Kier molecular flexibility index (Phi) is 5.15. The van der Waals surface area contributed by atoms with Gasteiger partial charge in [0.05, 0.1) is 0 Å². The molecule has 0 amide bonds. The highest BCUT2D eigenvalue weighted by molar-refractivity contribution is 7.99. The summed E-state index contributed by atoms with van der Waals surface area (Å²) < 4.78 is 26.9. The highest BCUT2D eigenvalue weighted by Crippen LogP contribution is 2.30. The molecule has 4 heteroatoms. The van der Waals surface area contributed by atoms with E-state index < -0.39 is 0 Å².